The molecule has 2 amide bonds. The van der Waals surface area contributed by atoms with Crippen LogP contribution in [0.2, 0.25) is 0 Å². The van der Waals surface area contributed by atoms with Crippen LogP contribution in [0, 0.1) is 5.41 Å². The van der Waals surface area contributed by atoms with Crippen molar-refractivity contribution in [2.45, 2.75) is 129 Å². The number of nitrogens with zero attached hydrogens (tertiary/aromatic N) is 2. The summed E-state index contributed by atoms with van der Waals surface area (Å²) in [5.41, 5.74) is -0.470. The first-order chi connectivity index (χ1) is 25.4. The van der Waals surface area contributed by atoms with E-state index in [1.54, 1.807) is 0 Å². The van der Waals surface area contributed by atoms with Crippen molar-refractivity contribution in [1.29, 1.82) is 1.43 Å². The number of aliphatic hydroxyl groups excluding tert-OH is 1. The lowest BCUT2D eigenvalue weighted by Gasteiger charge is -2.39. The fourth-order valence-corrected chi connectivity index (χ4v) is 8.30. The van der Waals surface area contributed by atoms with E-state index >= 15 is 0 Å². The molecule has 15 heteroatoms. The number of hydrogen-bond donors (Lipinski definition) is 3. The minimum absolute atomic E-state index is 0.0987. The van der Waals surface area contributed by atoms with Crippen molar-refractivity contribution in [3.05, 3.63) is 0 Å². The van der Waals surface area contributed by atoms with E-state index in [0.717, 1.165) is 37.4 Å². The Hall–Kier alpha value is -2.36. The number of carboxylic acid groups (broad SMARTS) is 1. The van der Waals surface area contributed by atoms with E-state index in [2.05, 4.69) is 40.8 Å². The second kappa shape index (κ2) is 30.1. The van der Waals surface area contributed by atoms with Crippen LogP contribution in [0.1, 0.15) is 125 Å². The summed E-state index contributed by atoms with van der Waals surface area (Å²) >= 11 is 0. The van der Waals surface area contributed by atoms with Gasteiger partial charge in [-0.2, -0.15) is 0 Å². The Labute approximate surface area is 316 Å². The largest absolute Gasteiger partial charge is 0.481 e. The SMILES string of the molecule is CCN(CC)CC.O=C1CCC(=O)O1.[3H]CC1(COC(=O)CCC(=O)O)CCN(C(=O)CCCCCNC(=O)CCCC[C@@H]2CCSS2)CC1.[3H]OC. The van der Waals surface area contributed by atoms with Gasteiger partial charge in [0.25, 0.3) is 0 Å². The van der Waals surface area contributed by atoms with Crippen LogP contribution in [0.3, 0.4) is 0 Å². The first kappa shape index (κ1) is 44.8. The maximum absolute atomic E-state index is 12.6. The second-order valence-corrected chi connectivity index (χ2v) is 15.4. The summed E-state index contributed by atoms with van der Waals surface area (Å²) in [6, 6.07) is 0. The summed E-state index contributed by atoms with van der Waals surface area (Å²) in [5.74, 6) is -0.915. The van der Waals surface area contributed by atoms with Crippen LogP contribution in [0.25, 0.3) is 0 Å². The van der Waals surface area contributed by atoms with Gasteiger partial charge in [0.05, 0.1) is 32.3 Å². The van der Waals surface area contributed by atoms with Crippen molar-refractivity contribution in [1.82, 2.24) is 15.1 Å². The van der Waals surface area contributed by atoms with Crippen molar-refractivity contribution in [2.75, 3.05) is 58.7 Å². The predicted molar refractivity (Wildman–Crippen MR) is 202 cm³/mol. The molecule has 13 nitrogen and oxygen atoms in total. The number of aliphatic hydroxyl groups is 1. The van der Waals surface area contributed by atoms with E-state index < -0.39 is 29.3 Å². The number of nitrogens with one attached hydrogen (secondary N) is 1. The summed E-state index contributed by atoms with van der Waals surface area (Å²) in [6.45, 7) is 12.1. The molecule has 296 valence electrons. The summed E-state index contributed by atoms with van der Waals surface area (Å²) in [6.07, 6.45) is 9.47. The molecule has 3 rings (SSSR count). The zero-order valence-corrected chi connectivity index (χ0v) is 33.0. The number of esters is 3. The van der Waals surface area contributed by atoms with E-state index in [1.807, 2.05) is 26.5 Å². The number of carbonyl (C=O) groups excluding carboxylic acids is 5. The molecule has 0 aromatic heterocycles. The van der Waals surface area contributed by atoms with Gasteiger partial charge in [0.2, 0.25) is 13.2 Å². The molecule has 3 fully saturated rings. The maximum atomic E-state index is 12.6. The summed E-state index contributed by atoms with van der Waals surface area (Å²) in [4.78, 5) is 71.0. The lowest BCUT2D eigenvalue weighted by molar-refractivity contribution is -0.152. The average Bonchev–Trinajstić information content (AvgIpc) is 3.82. The molecule has 0 bridgehead atoms. The van der Waals surface area contributed by atoms with Gasteiger partial charge in [-0.3, -0.25) is 28.8 Å². The Balaban J connectivity index is 0.00000130. The van der Waals surface area contributed by atoms with Crippen molar-refractivity contribution in [2.24, 2.45) is 5.41 Å². The number of aliphatic carboxylic acids is 1. The fourth-order valence-electron chi connectivity index (χ4n) is 5.27. The van der Waals surface area contributed by atoms with Crippen molar-refractivity contribution in [3.63, 3.8) is 0 Å². The summed E-state index contributed by atoms with van der Waals surface area (Å²) < 4.78 is 22.9. The monoisotopic (exact) mass is 767 g/mol. The quantitative estimate of drug-likeness (QED) is 0.0675. The number of unbranched alkanes of at least 4 members (excludes halogenated alkanes) is 3. The lowest BCUT2D eigenvalue weighted by atomic mass is 9.81. The van der Waals surface area contributed by atoms with Crippen LogP contribution in [-0.4, -0.2) is 121 Å². The molecule has 3 aliphatic heterocycles. The smallest absolute Gasteiger partial charge is 0.314 e. The highest BCUT2D eigenvalue weighted by molar-refractivity contribution is 8.77. The normalized spacial score (nSPS) is 18.1. The molecule has 0 saturated carbocycles. The standard InChI is InChI=1S/C25H42N2O6S2.C6H15N.C4H4O3.CH4O/c1-25(19-33-24(32)11-10-23(30)31)13-16-27(17-14-25)22(29)9-3-2-6-15-26-21(28)8-5-4-7-20-12-18-34-35-20;1-4-7(5-2)6-3;5-3-1-2-4(6)7-3;1-2/h20H,2-19H2,1H3,(H,26,28)(H,30,31);4-6H2,1-3H3;1-2H2;2H,1H3/t20-;;;/m1.../s1/i1T;;;2T. The lowest BCUT2D eigenvalue weighted by Crippen LogP contribution is -2.44. The van der Waals surface area contributed by atoms with E-state index in [0.29, 0.717) is 45.3 Å². The van der Waals surface area contributed by atoms with Gasteiger partial charge < -0.3 is 34.8 Å². The van der Waals surface area contributed by atoms with Gasteiger partial charge in [-0.25, -0.2) is 0 Å². The highest BCUT2D eigenvalue weighted by atomic mass is 33.1. The molecule has 0 aromatic rings. The number of cyclic esters (lactones) is 2. The summed E-state index contributed by atoms with van der Waals surface area (Å²) in [5, 5.41) is 15.9. The number of amides is 2. The second-order valence-electron chi connectivity index (χ2n) is 12.6. The number of piperidine rings is 1. The molecule has 3 saturated heterocycles. The molecular formula is C36H65N3O10S2. The van der Waals surface area contributed by atoms with Gasteiger partial charge >= 0.3 is 23.9 Å². The molecule has 0 radical (unpaired) electrons. The van der Waals surface area contributed by atoms with Crippen LogP contribution in [0.15, 0.2) is 0 Å². The number of likely N-dealkylation sites (tertiary alicyclic amines) is 1. The van der Waals surface area contributed by atoms with Crippen molar-refractivity contribution >= 4 is 57.3 Å². The molecular weight excluding hydrogens is 699 g/mol. The number of hydrogen-bond acceptors (Lipinski definition) is 12. The minimum atomic E-state index is -1.04. The molecule has 1 atom stereocenters. The van der Waals surface area contributed by atoms with Gasteiger partial charge in [0.15, 0.2) is 0 Å². The third kappa shape index (κ3) is 25.3. The number of carboxylic acids is 1. The molecule has 3 N–H and O–H groups in total. The third-order valence-electron chi connectivity index (χ3n) is 8.66. The van der Waals surface area contributed by atoms with Crippen LogP contribution < -0.4 is 5.32 Å². The van der Waals surface area contributed by atoms with E-state index in [1.165, 1.54) is 45.3 Å². The highest BCUT2D eigenvalue weighted by Crippen LogP contribution is 2.40. The number of carbonyl (C=O) groups is 6. The Bertz CT molecular complexity index is 1040. The van der Waals surface area contributed by atoms with Crippen LogP contribution >= 0.6 is 21.6 Å². The highest BCUT2D eigenvalue weighted by Gasteiger charge is 2.33. The fraction of sp³-hybridized carbons (Fsp3) is 0.833. The zero-order valence-electron chi connectivity index (χ0n) is 33.4. The van der Waals surface area contributed by atoms with Gasteiger partial charge in [-0.15, -0.1) is 0 Å². The Kier molecular flexibility index (Phi) is 26.5. The third-order valence-corrected chi connectivity index (χ3v) is 11.7. The van der Waals surface area contributed by atoms with Gasteiger partial charge in [-0.1, -0.05) is 62.1 Å². The maximum Gasteiger partial charge on any atom is 0.314 e. The van der Waals surface area contributed by atoms with Crippen LogP contribution in [-0.2, 0) is 38.2 Å². The average molecular weight is 768 g/mol. The Morgan fingerprint density at radius 2 is 1.61 bits per heavy atom. The van der Waals surface area contributed by atoms with E-state index in [9.17, 15) is 28.8 Å². The van der Waals surface area contributed by atoms with Crippen LogP contribution in [0.4, 0.5) is 0 Å². The van der Waals surface area contributed by atoms with E-state index in [-0.39, 0.29) is 51.0 Å². The zero-order chi connectivity index (χ0) is 39.9. The van der Waals surface area contributed by atoms with E-state index in [4.69, 9.17) is 12.6 Å². The molecule has 51 heavy (non-hydrogen) atoms. The van der Waals surface area contributed by atoms with Crippen molar-refractivity contribution in [3.8, 4) is 0 Å². The number of rotatable bonds is 19. The molecule has 3 aliphatic rings. The number of ether oxygens (including phenoxy) is 2. The van der Waals surface area contributed by atoms with Gasteiger partial charge in [0, 0.05) is 57.4 Å². The Morgan fingerprint density at radius 1 is 0.980 bits per heavy atom. The Morgan fingerprint density at radius 3 is 2.10 bits per heavy atom. The van der Waals surface area contributed by atoms with Crippen molar-refractivity contribution < 1.29 is 49.8 Å². The molecule has 0 aliphatic carbocycles. The van der Waals surface area contributed by atoms with Gasteiger partial charge in [0.1, 0.15) is 0 Å². The molecule has 0 aromatic carbocycles. The first-order valence-corrected chi connectivity index (χ1v) is 20.7. The van der Waals surface area contributed by atoms with Crippen LogP contribution in [0.5, 0.6) is 0 Å². The minimum Gasteiger partial charge on any atom is -0.481 e. The summed E-state index contributed by atoms with van der Waals surface area (Å²) in [7, 11) is 5.24. The molecule has 3 heterocycles. The first-order valence-electron chi connectivity index (χ1n) is 19.4. The van der Waals surface area contributed by atoms with Gasteiger partial charge in [-0.05, 0) is 64.6 Å². The predicted octanol–water partition coefficient (Wildman–Crippen LogP) is 5.22. The molecule has 0 spiro atoms. The molecule has 0 unspecified atom stereocenters. The topological polar surface area (TPSA) is 180 Å².